The van der Waals surface area contributed by atoms with Crippen LogP contribution in [0.15, 0.2) is 23.1 Å². The van der Waals surface area contributed by atoms with Crippen LogP contribution in [-0.2, 0) is 0 Å². The summed E-state index contributed by atoms with van der Waals surface area (Å²) in [4.78, 5) is 27.7. The van der Waals surface area contributed by atoms with Crippen molar-refractivity contribution in [3.63, 3.8) is 0 Å². The molecule has 100 valence electrons. The van der Waals surface area contributed by atoms with Gasteiger partial charge in [0, 0.05) is 17.6 Å². The first-order valence-electron chi connectivity index (χ1n) is 6.01. The van der Waals surface area contributed by atoms with Crippen LogP contribution >= 0.6 is 0 Å². The second-order valence-electron chi connectivity index (χ2n) is 4.40. The summed E-state index contributed by atoms with van der Waals surface area (Å²) < 4.78 is 1.40. The van der Waals surface area contributed by atoms with Crippen molar-refractivity contribution in [2.45, 2.75) is 26.3 Å². The summed E-state index contributed by atoms with van der Waals surface area (Å²) in [5.41, 5.74) is 5.20. The highest BCUT2D eigenvalue weighted by Crippen LogP contribution is 2.23. The van der Waals surface area contributed by atoms with E-state index in [2.05, 4.69) is 4.98 Å². The molecule has 0 saturated carbocycles. The first kappa shape index (κ1) is 13.1. The number of carbonyl (C=O) groups is 1. The lowest BCUT2D eigenvalue weighted by Gasteiger charge is -2.17. The van der Waals surface area contributed by atoms with Crippen molar-refractivity contribution >= 4 is 22.7 Å². The van der Waals surface area contributed by atoms with E-state index >= 15 is 0 Å². The molecule has 0 aliphatic rings. The van der Waals surface area contributed by atoms with Crippen molar-refractivity contribution in [2.75, 3.05) is 5.73 Å². The number of hydrogen-bond donors (Lipinski definition) is 2. The molecule has 0 aliphatic heterocycles. The number of pyridine rings is 2. The van der Waals surface area contributed by atoms with Crippen molar-refractivity contribution in [2.24, 2.45) is 0 Å². The summed E-state index contributed by atoms with van der Waals surface area (Å²) in [6.07, 6.45) is 2.25. The number of nitrogens with two attached hydrogens (primary N) is 1. The fourth-order valence-corrected chi connectivity index (χ4v) is 2.06. The van der Waals surface area contributed by atoms with Gasteiger partial charge < -0.3 is 10.8 Å². The molecule has 2 aromatic rings. The maximum absolute atomic E-state index is 12.3. The molecule has 0 radical (unpaired) electrons. The van der Waals surface area contributed by atoms with Crippen molar-refractivity contribution in [1.29, 1.82) is 0 Å². The summed E-state index contributed by atoms with van der Waals surface area (Å²) in [5, 5.41) is 9.66. The Bertz CT molecular complexity index is 706. The van der Waals surface area contributed by atoms with Crippen LogP contribution < -0.4 is 11.3 Å². The molecule has 3 N–H and O–H groups in total. The van der Waals surface area contributed by atoms with Gasteiger partial charge in [-0.15, -0.1) is 0 Å². The van der Waals surface area contributed by atoms with Crippen LogP contribution in [0.5, 0.6) is 0 Å². The summed E-state index contributed by atoms with van der Waals surface area (Å²) >= 11 is 0. The third kappa shape index (κ3) is 1.95. The highest BCUT2D eigenvalue weighted by Gasteiger charge is 2.22. The van der Waals surface area contributed by atoms with E-state index in [1.807, 2.05) is 13.8 Å². The highest BCUT2D eigenvalue weighted by molar-refractivity contribution is 6.02. The molecule has 0 spiro atoms. The molecule has 0 aromatic carbocycles. The summed E-state index contributed by atoms with van der Waals surface area (Å²) in [5.74, 6) is -1.31. The van der Waals surface area contributed by atoms with E-state index in [0.29, 0.717) is 17.5 Å². The molecule has 2 aromatic heterocycles. The Balaban J connectivity index is 3.01. The SMILES string of the molecule is CCC(C)n1c(=O)c(C(=O)O)c(N)c2cccnc21. The predicted octanol–water partition coefficient (Wildman–Crippen LogP) is 1.65. The average Bonchev–Trinajstić information content (AvgIpc) is 2.38. The van der Waals surface area contributed by atoms with Gasteiger partial charge in [-0.2, -0.15) is 0 Å². The van der Waals surface area contributed by atoms with Crippen LogP contribution in [0.25, 0.3) is 11.0 Å². The largest absolute Gasteiger partial charge is 0.477 e. The lowest BCUT2D eigenvalue weighted by Crippen LogP contribution is -2.30. The second-order valence-corrected chi connectivity index (χ2v) is 4.40. The van der Waals surface area contributed by atoms with E-state index in [9.17, 15) is 14.7 Å². The number of aromatic nitrogens is 2. The quantitative estimate of drug-likeness (QED) is 0.875. The van der Waals surface area contributed by atoms with E-state index < -0.39 is 11.5 Å². The second kappa shape index (κ2) is 4.72. The van der Waals surface area contributed by atoms with Crippen LogP contribution in [0.4, 0.5) is 5.69 Å². The van der Waals surface area contributed by atoms with E-state index in [0.717, 1.165) is 0 Å². The Kier molecular flexibility index (Phi) is 3.25. The number of nitrogen functional groups attached to an aromatic ring is 1. The molecule has 2 rings (SSSR count). The van der Waals surface area contributed by atoms with Crippen LogP contribution in [0.2, 0.25) is 0 Å². The molecule has 0 fully saturated rings. The lowest BCUT2D eigenvalue weighted by atomic mass is 10.1. The molecular formula is C13H15N3O3. The zero-order valence-electron chi connectivity index (χ0n) is 10.8. The van der Waals surface area contributed by atoms with Crippen molar-refractivity contribution < 1.29 is 9.90 Å². The number of carboxylic acid groups (broad SMARTS) is 1. The van der Waals surface area contributed by atoms with Gasteiger partial charge in [-0.25, -0.2) is 9.78 Å². The van der Waals surface area contributed by atoms with E-state index in [1.54, 1.807) is 18.3 Å². The Morgan fingerprint density at radius 1 is 1.58 bits per heavy atom. The minimum absolute atomic E-state index is 0.0276. The Morgan fingerprint density at radius 3 is 2.84 bits per heavy atom. The smallest absolute Gasteiger partial charge is 0.343 e. The number of nitrogens with zero attached hydrogens (tertiary/aromatic N) is 2. The predicted molar refractivity (Wildman–Crippen MR) is 72.4 cm³/mol. The molecule has 2 heterocycles. The molecule has 1 unspecified atom stereocenters. The molecule has 6 nitrogen and oxygen atoms in total. The number of hydrogen-bond acceptors (Lipinski definition) is 4. The number of rotatable bonds is 3. The zero-order chi connectivity index (χ0) is 14.2. The molecule has 0 aliphatic carbocycles. The monoisotopic (exact) mass is 261 g/mol. The maximum Gasteiger partial charge on any atom is 0.343 e. The Labute approximate surface area is 109 Å². The molecule has 0 amide bonds. The third-order valence-corrected chi connectivity index (χ3v) is 3.25. The van der Waals surface area contributed by atoms with Crippen molar-refractivity contribution in [3.05, 3.63) is 34.2 Å². The first-order chi connectivity index (χ1) is 8.99. The average molecular weight is 261 g/mol. The van der Waals surface area contributed by atoms with Gasteiger partial charge in [-0.05, 0) is 25.5 Å². The normalized spacial score (nSPS) is 12.5. The fraction of sp³-hybridized carbons (Fsp3) is 0.308. The zero-order valence-corrected chi connectivity index (χ0v) is 10.8. The fourth-order valence-electron chi connectivity index (χ4n) is 2.06. The molecule has 6 heteroatoms. The van der Waals surface area contributed by atoms with Crippen LogP contribution in [0.1, 0.15) is 36.7 Å². The van der Waals surface area contributed by atoms with Gasteiger partial charge >= 0.3 is 5.97 Å². The standard InChI is InChI=1S/C13H15N3O3/c1-3-7(2)16-11-8(5-4-6-15-11)10(14)9(12(16)17)13(18)19/h4-7H,3,14H2,1-2H3,(H,18,19). The van der Waals surface area contributed by atoms with Gasteiger partial charge in [0.1, 0.15) is 11.2 Å². The maximum atomic E-state index is 12.3. The topological polar surface area (TPSA) is 98.2 Å². The third-order valence-electron chi connectivity index (χ3n) is 3.25. The minimum atomic E-state index is -1.31. The lowest BCUT2D eigenvalue weighted by molar-refractivity contribution is 0.0695. The van der Waals surface area contributed by atoms with Gasteiger partial charge in [0.25, 0.3) is 5.56 Å². The molecular weight excluding hydrogens is 246 g/mol. The summed E-state index contributed by atoms with van der Waals surface area (Å²) in [7, 11) is 0. The number of fused-ring (bicyclic) bond motifs is 1. The summed E-state index contributed by atoms with van der Waals surface area (Å²) in [6, 6.07) is 3.18. The number of aromatic carboxylic acids is 1. The van der Waals surface area contributed by atoms with Gasteiger partial charge in [0.15, 0.2) is 0 Å². The number of anilines is 1. The molecule has 19 heavy (non-hydrogen) atoms. The van der Waals surface area contributed by atoms with Gasteiger partial charge in [0.05, 0.1) is 5.69 Å². The highest BCUT2D eigenvalue weighted by atomic mass is 16.4. The van der Waals surface area contributed by atoms with Crippen molar-refractivity contribution in [3.8, 4) is 0 Å². The van der Waals surface area contributed by atoms with E-state index in [1.165, 1.54) is 4.57 Å². The summed E-state index contributed by atoms with van der Waals surface area (Å²) in [6.45, 7) is 3.76. The van der Waals surface area contributed by atoms with Gasteiger partial charge in [-0.1, -0.05) is 6.92 Å². The number of carboxylic acids is 1. The molecule has 0 bridgehead atoms. The van der Waals surface area contributed by atoms with Crippen LogP contribution in [0, 0.1) is 0 Å². The van der Waals surface area contributed by atoms with Gasteiger partial charge in [-0.3, -0.25) is 9.36 Å². The first-order valence-corrected chi connectivity index (χ1v) is 6.01. The minimum Gasteiger partial charge on any atom is -0.477 e. The molecule has 0 saturated heterocycles. The van der Waals surface area contributed by atoms with Crippen LogP contribution in [0.3, 0.4) is 0 Å². The van der Waals surface area contributed by atoms with Crippen molar-refractivity contribution in [1.82, 2.24) is 9.55 Å². The van der Waals surface area contributed by atoms with Gasteiger partial charge in [0.2, 0.25) is 0 Å². The Morgan fingerprint density at radius 2 is 2.26 bits per heavy atom. The van der Waals surface area contributed by atoms with E-state index in [-0.39, 0.29) is 17.3 Å². The van der Waals surface area contributed by atoms with Crippen LogP contribution in [-0.4, -0.2) is 20.6 Å². The van der Waals surface area contributed by atoms with E-state index in [4.69, 9.17) is 5.73 Å². The molecule has 1 atom stereocenters. The Hall–Kier alpha value is -2.37.